The van der Waals surface area contributed by atoms with Crippen molar-refractivity contribution in [3.05, 3.63) is 35.4 Å². The number of methoxy groups -OCH3 is 1. The SMILES string of the molecule is COC(=O)C(C)SCC(=O)N(C)C(C)c1ccc(F)c(F)c1. The summed E-state index contributed by atoms with van der Waals surface area (Å²) in [6.45, 7) is 3.38. The minimum Gasteiger partial charge on any atom is -0.468 e. The normalized spacial score (nSPS) is 13.4. The molecule has 0 heterocycles. The first kappa shape index (κ1) is 18.4. The summed E-state index contributed by atoms with van der Waals surface area (Å²) in [5.74, 6) is -2.38. The smallest absolute Gasteiger partial charge is 0.318 e. The molecular weight excluding hydrogens is 312 g/mol. The van der Waals surface area contributed by atoms with Crippen molar-refractivity contribution in [3.63, 3.8) is 0 Å². The molecule has 1 aromatic rings. The van der Waals surface area contributed by atoms with Crippen LogP contribution < -0.4 is 0 Å². The predicted molar refractivity (Wildman–Crippen MR) is 81.5 cm³/mol. The number of thioether (sulfide) groups is 1. The van der Waals surface area contributed by atoms with Gasteiger partial charge in [0.05, 0.1) is 18.9 Å². The van der Waals surface area contributed by atoms with Crippen molar-refractivity contribution in [3.8, 4) is 0 Å². The van der Waals surface area contributed by atoms with Gasteiger partial charge in [0.25, 0.3) is 0 Å². The van der Waals surface area contributed by atoms with Crippen LogP contribution in [-0.4, -0.2) is 41.9 Å². The van der Waals surface area contributed by atoms with Crippen LogP contribution in [0.15, 0.2) is 18.2 Å². The molecule has 0 N–H and O–H groups in total. The summed E-state index contributed by atoms with van der Waals surface area (Å²) in [7, 11) is 2.87. The fourth-order valence-electron chi connectivity index (χ4n) is 1.74. The van der Waals surface area contributed by atoms with E-state index in [1.165, 1.54) is 18.1 Å². The zero-order chi connectivity index (χ0) is 16.9. The van der Waals surface area contributed by atoms with Crippen molar-refractivity contribution in [2.45, 2.75) is 25.1 Å². The van der Waals surface area contributed by atoms with Gasteiger partial charge in [0, 0.05) is 7.05 Å². The zero-order valence-electron chi connectivity index (χ0n) is 12.9. The maximum Gasteiger partial charge on any atom is 0.318 e. The van der Waals surface area contributed by atoms with Gasteiger partial charge in [0.15, 0.2) is 11.6 Å². The van der Waals surface area contributed by atoms with E-state index in [1.54, 1.807) is 20.9 Å². The molecule has 0 bridgehead atoms. The molecule has 1 amide bonds. The van der Waals surface area contributed by atoms with Gasteiger partial charge in [-0.2, -0.15) is 0 Å². The number of ether oxygens (including phenoxy) is 1. The van der Waals surface area contributed by atoms with Crippen molar-refractivity contribution in [1.82, 2.24) is 4.90 Å². The van der Waals surface area contributed by atoms with Gasteiger partial charge < -0.3 is 9.64 Å². The van der Waals surface area contributed by atoms with Crippen LogP contribution in [-0.2, 0) is 14.3 Å². The van der Waals surface area contributed by atoms with Gasteiger partial charge in [-0.3, -0.25) is 9.59 Å². The standard InChI is InChI=1S/C15H19F2NO3S/c1-9(11-5-6-12(16)13(17)7-11)18(3)14(19)8-22-10(2)15(20)21-4/h5-7,9-10H,8H2,1-4H3. The minimum atomic E-state index is -0.945. The summed E-state index contributed by atoms with van der Waals surface area (Å²) in [4.78, 5) is 24.8. The molecule has 1 aromatic carbocycles. The zero-order valence-corrected chi connectivity index (χ0v) is 13.7. The van der Waals surface area contributed by atoms with Crippen molar-refractivity contribution in [2.24, 2.45) is 0 Å². The number of carbonyl (C=O) groups excluding carboxylic acids is 2. The van der Waals surface area contributed by atoms with Crippen LogP contribution in [0.1, 0.15) is 25.5 Å². The summed E-state index contributed by atoms with van der Waals surface area (Å²) in [6, 6.07) is 3.15. The Bertz CT molecular complexity index is 554. The molecule has 0 aromatic heterocycles. The molecule has 0 fully saturated rings. The van der Waals surface area contributed by atoms with E-state index in [4.69, 9.17) is 0 Å². The highest BCUT2D eigenvalue weighted by molar-refractivity contribution is 8.01. The first-order valence-corrected chi connectivity index (χ1v) is 7.72. The number of carbonyl (C=O) groups is 2. The fourth-order valence-corrected chi connectivity index (χ4v) is 2.57. The average molecular weight is 331 g/mol. The van der Waals surface area contributed by atoms with Crippen LogP contribution >= 0.6 is 11.8 Å². The van der Waals surface area contributed by atoms with Crippen LogP contribution in [0.2, 0.25) is 0 Å². The number of esters is 1. The molecule has 0 saturated heterocycles. The van der Waals surface area contributed by atoms with E-state index in [1.807, 2.05) is 0 Å². The Labute approximate surface area is 132 Å². The molecule has 0 radical (unpaired) electrons. The van der Waals surface area contributed by atoms with E-state index in [9.17, 15) is 18.4 Å². The second-order valence-electron chi connectivity index (χ2n) is 4.83. The summed E-state index contributed by atoms with van der Waals surface area (Å²) in [5.41, 5.74) is 0.501. The summed E-state index contributed by atoms with van der Waals surface area (Å²) in [6.07, 6.45) is 0. The third-order valence-corrected chi connectivity index (χ3v) is 4.50. The highest BCUT2D eigenvalue weighted by Crippen LogP contribution is 2.22. The molecule has 0 spiro atoms. The highest BCUT2D eigenvalue weighted by Gasteiger charge is 2.21. The van der Waals surface area contributed by atoms with Gasteiger partial charge in [0.1, 0.15) is 5.25 Å². The summed E-state index contributed by atoms with van der Waals surface area (Å²) in [5, 5.41) is -0.444. The maximum absolute atomic E-state index is 13.3. The van der Waals surface area contributed by atoms with Crippen molar-refractivity contribution < 1.29 is 23.1 Å². The molecule has 0 aliphatic heterocycles. The van der Waals surface area contributed by atoms with Gasteiger partial charge in [-0.15, -0.1) is 11.8 Å². The molecule has 0 saturated carbocycles. The molecule has 0 aliphatic rings. The first-order chi connectivity index (χ1) is 10.3. The summed E-state index contributed by atoms with van der Waals surface area (Å²) >= 11 is 1.16. The molecule has 2 unspecified atom stereocenters. The maximum atomic E-state index is 13.3. The second kappa shape index (κ2) is 8.12. The largest absolute Gasteiger partial charge is 0.468 e. The van der Waals surface area contributed by atoms with Crippen LogP contribution in [0.5, 0.6) is 0 Å². The van der Waals surface area contributed by atoms with E-state index < -0.39 is 28.9 Å². The molecule has 122 valence electrons. The quantitative estimate of drug-likeness (QED) is 0.752. The van der Waals surface area contributed by atoms with Crippen molar-refractivity contribution in [2.75, 3.05) is 19.9 Å². The minimum absolute atomic E-state index is 0.0980. The second-order valence-corrected chi connectivity index (χ2v) is 6.16. The lowest BCUT2D eigenvalue weighted by Crippen LogP contribution is -2.32. The third kappa shape index (κ3) is 4.69. The Morgan fingerprint density at radius 2 is 1.91 bits per heavy atom. The monoisotopic (exact) mass is 331 g/mol. The van der Waals surface area contributed by atoms with Gasteiger partial charge >= 0.3 is 5.97 Å². The van der Waals surface area contributed by atoms with Crippen LogP contribution in [0.4, 0.5) is 8.78 Å². The number of rotatable bonds is 6. The Balaban J connectivity index is 2.65. The van der Waals surface area contributed by atoms with Crippen LogP contribution in [0.25, 0.3) is 0 Å². The number of hydrogen-bond acceptors (Lipinski definition) is 4. The van der Waals surface area contributed by atoms with E-state index in [2.05, 4.69) is 4.74 Å². The lowest BCUT2D eigenvalue weighted by molar-refractivity contribution is -0.139. The molecule has 2 atom stereocenters. The van der Waals surface area contributed by atoms with Gasteiger partial charge in [-0.25, -0.2) is 8.78 Å². The lowest BCUT2D eigenvalue weighted by Gasteiger charge is -2.25. The Morgan fingerprint density at radius 3 is 2.45 bits per heavy atom. The molecule has 4 nitrogen and oxygen atoms in total. The summed E-state index contributed by atoms with van der Waals surface area (Å²) < 4.78 is 30.8. The Kier molecular flexibility index (Phi) is 6.80. The molecule has 22 heavy (non-hydrogen) atoms. The number of nitrogens with zero attached hydrogens (tertiary/aromatic N) is 1. The van der Waals surface area contributed by atoms with E-state index >= 15 is 0 Å². The number of hydrogen-bond donors (Lipinski definition) is 0. The number of amides is 1. The van der Waals surface area contributed by atoms with E-state index in [-0.39, 0.29) is 11.7 Å². The van der Waals surface area contributed by atoms with E-state index in [0.29, 0.717) is 5.56 Å². The van der Waals surface area contributed by atoms with Crippen LogP contribution in [0, 0.1) is 11.6 Å². The van der Waals surface area contributed by atoms with Gasteiger partial charge in [-0.05, 0) is 31.5 Å². The lowest BCUT2D eigenvalue weighted by atomic mass is 10.1. The number of benzene rings is 1. The Hall–Kier alpha value is -1.63. The van der Waals surface area contributed by atoms with Gasteiger partial charge in [0.2, 0.25) is 5.91 Å². The van der Waals surface area contributed by atoms with Crippen molar-refractivity contribution in [1.29, 1.82) is 0 Å². The molecular formula is C15H19F2NO3S. The van der Waals surface area contributed by atoms with Crippen LogP contribution in [0.3, 0.4) is 0 Å². The van der Waals surface area contributed by atoms with Crippen molar-refractivity contribution >= 4 is 23.6 Å². The Morgan fingerprint density at radius 1 is 1.27 bits per heavy atom. The predicted octanol–water partition coefficient (Wildman–Crippen LogP) is 2.78. The molecule has 0 aliphatic carbocycles. The molecule has 1 rings (SSSR count). The topological polar surface area (TPSA) is 46.6 Å². The fraction of sp³-hybridized carbons (Fsp3) is 0.467. The highest BCUT2D eigenvalue weighted by atomic mass is 32.2. The van der Waals surface area contributed by atoms with Gasteiger partial charge in [-0.1, -0.05) is 6.07 Å². The first-order valence-electron chi connectivity index (χ1n) is 6.68. The third-order valence-electron chi connectivity index (χ3n) is 3.39. The average Bonchev–Trinajstić information content (AvgIpc) is 2.52. The number of halogens is 2. The van der Waals surface area contributed by atoms with E-state index in [0.717, 1.165) is 23.9 Å². The molecule has 7 heteroatoms.